The minimum Gasteiger partial charge on any atom is -0.444 e. The van der Waals surface area contributed by atoms with Crippen molar-refractivity contribution in [3.05, 3.63) is 23.9 Å². The largest absolute Gasteiger partial charge is 0.472 e. The quantitative estimate of drug-likeness (QED) is 0.0255. The fraction of sp³-hybridized carbons (Fsp3) is 0.731. The Morgan fingerprint density at radius 2 is 1.20 bits per heavy atom. The number of anilines is 1. The molecule has 3 rings (SSSR count). The lowest BCUT2D eigenvalue weighted by atomic mass is 10.0. The third kappa shape index (κ3) is 32.7. The molecule has 2 fully saturated rings. The zero-order chi connectivity index (χ0) is 59.3. The maximum Gasteiger partial charge on any atom is 0.472 e. The Hall–Kier alpha value is -6.20. The molecule has 2 aliphatic heterocycles. The van der Waals surface area contributed by atoms with Gasteiger partial charge in [-0.3, -0.25) is 44.4 Å². The highest BCUT2D eigenvalue weighted by molar-refractivity contribution is 8.00. The predicted molar refractivity (Wildman–Crippen MR) is 294 cm³/mol. The fourth-order valence-corrected chi connectivity index (χ4v) is 9.53. The number of alkyl halides is 3. The van der Waals surface area contributed by atoms with E-state index in [0.717, 1.165) is 37.6 Å². The van der Waals surface area contributed by atoms with E-state index in [-0.39, 0.29) is 86.1 Å². The number of halogens is 3. The van der Waals surface area contributed by atoms with Crippen LogP contribution in [0.25, 0.3) is 0 Å². The number of hydrogen-bond donors (Lipinski definition) is 11. The van der Waals surface area contributed by atoms with Crippen molar-refractivity contribution in [2.24, 2.45) is 0 Å². The molecule has 1 aromatic rings. The molecule has 2 aliphatic rings. The van der Waals surface area contributed by atoms with Crippen molar-refractivity contribution in [2.45, 2.75) is 159 Å². The van der Waals surface area contributed by atoms with Crippen LogP contribution in [0.2, 0.25) is 0 Å². The SMILES string of the molecule is CC(C)(C)OC(=O)NCCCCCC(=O)NCCCCCC(=O)N[C@@H](CCC(=O)NCCNC(=O)c1ccc(NNC(=O)C(F)(F)F)nc1)C(=O)NCCCOCCOCCOCCCNC(=O)CCCC[C@@H]1SC[C@@H]2NC(=O)N[C@@H]21. The lowest BCUT2D eigenvalue weighted by Crippen LogP contribution is -2.47. The van der Waals surface area contributed by atoms with Crippen LogP contribution < -0.4 is 58.7 Å². The number of nitrogens with zero attached hydrogens (tertiary/aromatic N) is 1. The molecule has 0 spiro atoms. The number of amides is 10. The van der Waals surface area contributed by atoms with Crippen molar-refractivity contribution in [1.82, 2.24) is 58.3 Å². The summed E-state index contributed by atoms with van der Waals surface area (Å²) in [5, 5.41) is 25.5. The van der Waals surface area contributed by atoms with E-state index in [1.165, 1.54) is 17.6 Å². The first-order valence-electron chi connectivity index (χ1n) is 27.8. The lowest BCUT2D eigenvalue weighted by Gasteiger charge is -2.19. The lowest BCUT2D eigenvalue weighted by molar-refractivity contribution is -0.173. The summed E-state index contributed by atoms with van der Waals surface area (Å²) in [6.45, 7) is 9.20. The highest BCUT2D eigenvalue weighted by Crippen LogP contribution is 2.33. The second-order valence-corrected chi connectivity index (χ2v) is 21.5. The molecule has 0 unspecified atom stereocenters. The molecule has 0 bridgehead atoms. The summed E-state index contributed by atoms with van der Waals surface area (Å²) in [4.78, 5) is 114. The molecule has 0 aromatic carbocycles. The summed E-state index contributed by atoms with van der Waals surface area (Å²) >= 11 is 1.87. The average Bonchev–Trinajstić information content (AvgIpc) is 3.98. The number of ether oxygens (including phenoxy) is 4. The number of fused-ring (bicyclic) bond motifs is 1. The number of nitrogens with one attached hydrogen (secondary N) is 11. The van der Waals surface area contributed by atoms with E-state index in [4.69, 9.17) is 18.9 Å². The average molecular weight is 1180 g/mol. The Morgan fingerprint density at radius 3 is 1.81 bits per heavy atom. The third-order valence-corrected chi connectivity index (χ3v) is 13.7. The Morgan fingerprint density at radius 1 is 0.642 bits per heavy atom. The van der Waals surface area contributed by atoms with Gasteiger partial charge in [0.25, 0.3) is 5.91 Å². The first-order valence-corrected chi connectivity index (χ1v) is 28.9. The van der Waals surface area contributed by atoms with Crippen molar-refractivity contribution in [3.8, 4) is 0 Å². The van der Waals surface area contributed by atoms with Gasteiger partial charge >= 0.3 is 24.2 Å². The van der Waals surface area contributed by atoms with E-state index < -0.39 is 47.5 Å². The van der Waals surface area contributed by atoms with E-state index in [1.807, 2.05) is 17.2 Å². The highest BCUT2D eigenvalue weighted by atomic mass is 32.2. The number of thioether (sulfide) groups is 1. The molecule has 29 heteroatoms. The van der Waals surface area contributed by atoms with Crippen molar-refractivity contribution in [1.29, 1.82) is 0 Å². The number of carbonyl (C=O) groups excluding carboxylic acids is 9. The molecule has 4 atom stereocenters. The highest BCUT2D eigenvalue weighted by Gasteiger charge is 2.42. The van der Waals surface area contributed by atoms with Crippen LogP contribution in [0.3, 0.4) is 0 Å². The van der Waals surface area contributed by atoms with Crippen molar-refractivity contribution >= 4 is 71.1 Å². The number of aromatic nitrogens is 1. The van der Waals surface area contributed by atoms with Crippen LogP contribution in [-0.2, 0) is 47.7 Å². The minimum absolute atomic E-state index is 0.00707. The summed E-state index contributed by atoms with van der Waals surface area (Å²) in [7, 11) is 0. The number of unbranched alkanes of at least 4 members (excludes halogenated alkanes) is 5. The number of hydrogen-bond acceptors (Lipinski definition) is 16. The summed E-state index contributed by atoms with van der Waals surface area (Å²) in [5.41, 5.74) is 2.91. The number of alkyl carbamates (subject to hydrolysis) is 1. The Labute approximate surface area is 475 Å². The molecule has 1 aromatic heterocycles. The van der Waals surface area contributed by atoms with Gasteiger partial charge in [0.05, 0.1) is 44.1 Å². The number of carbonyl (C=O) groups is 9. The first kappa shape index (κ1) is 69.1. The zero-order valence-electron chi connectivity index (χ0n) is 46.8. The normalized spacial score (nSPS) is 15.9. The standard InChI is InChI=1S/C52H85F3N12O13S/c1-51(2,3)80-50(76)61-23-11-4-6-15-41(68)56-22-10-5-7-17-44(71)63-37(19-21-43(70)58-26-27-60-46(72)36-18-20-40(62-34-36)66-67-48(74)52(53,54)55)47(73)59-25-13-29-78-31-33-79-32-30-77-28-12-24-57-42(69)16-9-8-14-39-45-38(35-81-39)64-49(75)65-45/h18,20,34,37-39,45H,4-17,19,21-33,35H2,1-3H3,(H,56,68)(H,57,69)(H,58,70)(H,59,73)(H,60,72)(H,61,76)(H,62,66)(H,63,71)(H,67,74)(H2,64,65,75)/t37-,38-,39-,45-/m0/s1. The molecule has 2 saturated heterocycles. The molecular formula is C52H85F3N12O13S. The van der Waals surface area contributed by atoms with Gasteiger partial charge in [0.1, 0.15) is 17.5 Å². The van der Waals surface area contributed by atoms with Gasteiger partial charge in [0, 0.05) is 95.4 Å². The van der Waals surface area contributed by atoms with Crippen LogP contribution in [0, 0.1) is 0 Å². The third-order valence-electron chi connectivity index (χ3n) is 12.2. The molecule has 0 aliphatic carbocycles. The second-order valence-electron chi connectivity index (χ2n) is 20.2. The van der Waals surface area contributed by atoms with Gasteiger partial charge in [0.2, 0.25) is 29.5 Å². The number of hydrazine groups is 1. The molecule has 10 amide bonds. The van der Waals surface area contributed by atoms with Gasteiger partial charge in [-0.2, -0.15) is 24.9 Å². The van der Waals surface area contributed by atoms with Gasteiger partial charge in [0.15, 0.2) is 0 Å². The van der Waals surface area contributed by atoms with E-state index in [2.05, 4.69) is 52.8 Å². The fourth-order valence-electron chi connectivity index (χ4n) is 7.98. The minimum atomic E-state index is -5.10. The smallest absolute Gasteiger partial charge is 0.444 e. The molecule has 3 heterocycles. The van der Waals surface area contributed by atoms with Crippen LogP contribution in [0.15, 0.2) is 18.3 Å². The van der Waals surface area contributed by atoms with Crippen LogP contribution in [0.4, 0.5) is 28.6 Å². The van der Waals surface area contributed by atoms with Crippen LogP contribution in [0.1, 0.15) is 134 Å². The van der Waals surface area contributed by atoms with Gasteiger partial charge in [-0.15, -0.1) is 0 Å². The monoisotopic (exact) mass is 1170 g/mol. The zero-order valence-corrected chi connectivity index (χ0v) is 47.7. The molecule has 458 valence electrons. The number of rotatable bonds is 42. The molecule has 0 saturated carbocycles. The van der Waals surface area contributed by atoms with Gasteiger partial charge in [-0.25, -0.2) is 14.6 Å². The summed E-state index contributed by atoms with van der Waals surface area (Å²) in [5.74, 6) is -3.45. The van der Waals surface area contributed by atoms with E-state index in [0.29, 0.717) is 122 Å². The number of pyridine rings is 1. The second kappa shape index (κ2) is 39.3. The van der Waals surface area contributed by atoms with Gasteiger partial charge in [-0.05, 0) is 90.7 Å². The van der Waals surface area contributed by atoms with E-state index >= 15 is 0 Å². The maximum absolute atomic E-state index is 13.3. The van der Waals surface area contributed by atoms with Gasteiger partial charge in [-0.1, -0.05) is 19.3 Å². The van der Waals surface area contributed by atoms with Gasteiger partial charge < -0.3 is 66.8 Å². The molecule has 11 N–H and O–H groups in total. The maximum atomic E-state index is 13.3. The Kier molecular flexibility index (Phi) is 33.5. The van der Waals surface area contributed by atoms with Crippen molar-refractivity contribution < 1.29 is 75.3 Å². The molecule has 0 radical (unpaired) electrons. The Bertz CT molecular complexity index is 2110. The van der Waals surface area contributed by atoms with Crippen molar-refractivity contribution in [3.63, 3.8) is 0 Å². The molecule has 81 heavy (non-hydrogen) atoms. The van der Waals surface area contributed by atoms with E-state index in [9.17, 15) is 56.3 Å². The van der Waals surface area contributed by atoms with Crippen LogP contribution >= 0.6 is 11.8 Å². The van der Waals surface area contributed by atoms with Crippen molar-refractivity contribution in [2.75, 3.05) is 90.1 Å². The summed E-state index contributed by atoms with van der Waals surface area (Å²) < 4.78 is 59.2. The predicted octanol–water partition coefficient (Wildman–Crippen LogP) is 2.75. The van der Waals surface area contributed by atoms with Crippen LogP contribution in [-0.4, -0.2) is 178 Å². The van der Waals surface area contributed by atoms with E-state index in [1.54, 1.807) is 20.8 Å². The number of urea groups is 1. The topological polar surface area (TPSA) is 336 Å². The van der Waals surface area contributed by atoms with Crippen LogP contribution in [0.5, 0.6) is 0 Å². The first-order chi connectivity index (χ1) is 38.7. The summed E-state index contributed by atoms with van der Waals surface area (Å²) in [6, 6.07) is 1.69. The molecule has 25 nitrogen and oxygen atoms in total. The summed E-state index contributed by atoms with van der Waals surface area (Å²) in [6.07, 6.45) is 3.97. The molecular weight excluding hydrogens is 1090 g/mol. The Balaban J connectivity index is 1.26.